The molecule has 1 heterocycles. The molecule has 208 valence electrons. The Labute approximate surface area is 231 Å². The number of hydrogen-bond donors (Lipinski definition) is 0. The molecule has 2 atom stereocenters. The van der Waals surface area contributed by atoms with Gasteiger partial charge in [0, 0.05) is 12.0 Å². The highest BCUT2D eigenvalue weighted by atomic mass is 19.1. The molecule has 1 unspecified atom stereocenters. The summed E-state index contributed by atoms with van der Waals surface area (Å²) in [6.45, 7) is 9.41. The molecule has 0 saturated carbocycles. The zero-order chi connectivity index (χ0) is 28.0. The molecule has 6 heteroatoms. The van der Waals surface area contributed by atoms with Gasteiger partial charge in [0.15, 0.2) is 6.29 Å². The van der Waals surface area contributed by atoms with Crippen LogP contribution >= 0.6 is 0 Å². The van der Waals surface area contributed by atoms with Crippen LogP contribution in [0.2, 0.25) is 0 Å². The second kappa shape index (κ2) is 12.6. The Kier molecular flexibility index (Phi) is 9.28. The molecule has 0 radical (unpaired) electrons. The van der Waals surface area contributed by atoms with Crippen LogP contribution in [0, 0.1) is 5.82 Å². The van der Waals surface area contributed by atoms with E-state index in [1.165, 1.54) is 13.2 Å². The third-order valence-corrected chi connectivity index (χ3v) is 7.06. The summed E-state index contributed by atoms with van der Waals surface area (Å²) in [4.78, 5) is 11.7. The predicted molar refractivity (Wildman–Crippen MR) is 151 cm³/mol. The lowest BCUT2D eigenvalue weighted by Gasteiger charge is -2.26. The second-order valence-electron chi connectivity index (χ2n) is 11.2. The highest BCUT2D eigenvalue weighted by molar-refractivity contribution is 5.71. The quantitative estimate of drug-likeness (QED) is 0.261. The Hall–Kier alpha value is -3.38. The van der Waals surface area contributed by atoms with Crippen molar-refractivity contribution in [3.05, 3.63) is 83.2 Å². The fourth-order valence-electron chi connectivity index (χ4n) is 4.81. The third-order valence-electron chi connectivity index (χ3n) is 7.06. The van der Waals surface area contributed by atoms with Crippen LogP contribution in [0.15, 0.2) is 60.7 Å². The first-order valence-electron chi connectivity index (χ1n) is 13.6. The van der Waals surface area contributed by atoms with Gasteiger partial charge in [0.05, 0.1) is 20.1 Å². The monoisotopic (exact) mass is 534 g/mol. The SMILES string of the molecule is COC(=O)C[C@H](C)c1cccc(OCc2ccc(-c3cc(OC4CCCCO4)ccc3F)c(C(C)(C)C)c2)c1. The number of benzene rings is 3. The summed E-state index contributed by atoms with van der Waals surface area (Å²) in [6.07, 6.45) is 2.96. The molecule has 0 bridgehead atoms. The average Bonchev–Trinajstić information content (AvgIpc) is 2.93. The van der Waals surface area contributed by atoms with Gasteiger partial charge in [0.25, 0.3) is 0 Å². The van der Waals surface area contributed by atoms with E-state index in [1.54, 1.807) is 12.1 Å². The molecule has 0 amide bonds. The number of esters is 1. The van der Waals surface area contributed by atoms with Gasteiger partial charge in [-0.1, -0.05) is 58.0 Å². The molecule has 1 fully saturated rings. The summed E-state index contributed by atoms with van der Waals surface area (Å²) in [7, 11) is 1.40. The van der Waals surface area contributed by atoms with Crippen LogP contribution in [0.5, 0.6) is 11.5 Å². The lowest BCUT2D eigenvalue weighted by Crippen LogP contribution is -2.25. The van der Waals surface area contributed by atoms with Gasteiger partial charge in [0.1, 0.15) is 23.9 Å². The molecule has 3 aromatic carbocycles. The minimum atomic E-state index is -0.292. The zero-order valence-corrected chi connectivity index (χ0v) is 23.6. The van der Waals surface area contributed by atoms with Gasteiger partial charge < -0.3 is 18.9 Å². The number of methoxy groups -OCH3 is 1. The molecule has 39 heavy (non-hydrogen) atoms. The molecule has 5 nitrogen and oxygen atoms in total. The van der Waals surface area contributed by atoms with Gasteiger partial charge in [-0.05, 0) is 76.8 Å². The zero-order valence-electron chi connectivity index (χ0n) is 23.6. The van der Waals surface area contributed by atoms with Crippen LogP contribution in [0.25, 0.3) is 11.1 Å². The largest absolute Gasteiger partial charge is 0.489 e. The number of hydrogen-bond acceptors (Lipinski definition) is 5. The summed E-state index contributed by atoms with van der Waals surface area (Å²) in [5.41, 5.74) is 4.13. The van der Waals surface area contributed by atoms with Crippen LogP contribution < -0.4 is 9.47 Å². The number of carbonyl (C=O) groups excluding carboxylic acids is 1. The van der Waals surface area contributed by atoms with Crippen LogP contribution in [-0.4, -0.2) is 26.0 Å². The molecular formula is C33H39FO5. The van der Waals surface area contributed by atoms with E-state index in [9.17, 15) is 4.79 Å². The van der Waals surface area contributed by atoms with E-state index in [-0.39, 0.29) is 29.4 Å². The Morgan fingerprint density at radius 3 is 2.56 bits per heavy atom. The number of carbonyl (C=O) groups is 1. The number of ether oxygens (including phenoxy) is 4. The molecule has 0 spiro atoms. The fraction of sp³-hybridized carbons (Fsp3) is 0.424. The van der Waals surface area contributed by atoms with E-state index in [1.807, 2.05) is 43.3 Å². The fourth-order valence-corrected chi connectivity index (χ4v) is 4.81. The summed E-state index contributed by atoms with van der Waals surface area (Å²) >= 11 is 0. The first-order chi connectivity index (χ1) is 18.6. The van der Waals surface area contributed by atoms with E-state index in [2.05, 4.69) is 26.8 Å². The van der Waals surface area contributed by atoms with Crippen molar-refractivity contribution in [3.8, 4) is 22.6 Å². The van der Waals surface area contributed by atoms with Crippen LogP contribution in [0.4, 0.5) is 4.39 Å². The first-order valence-corrected chi connectivity index (χ1v) is 13.6. The highest BCUT2D eigenvalue weighted by Crippen LogP contribution is 2.37. The molecular weight excluding hydrogens is 495 g/mol. The van der Waals surface area contributed by atoms with Gasteiger partial charge in [-0.3, -0.25) is 4.79 Å². The molecule has 3 aromatic rings. The lowest BCUT2D eigenvalue weighted by atomic mass is 9.81. The maximum absolute atomic E-state index is 15.1. The van der Waals surface area contributed by atoms with E-state index in [0.717, 1.165) is 47.3 Å². The molecule has 1 saturated heterocycles. The van der Waals surface area contributed by atoms with Gasteiger partial charge >= 0.3 is 5.97 Å². The normalized spacial score (nSPS) is 16.4. The van der Waals surface area contributed by atoms with Crippen molar-refractivity contribution in [3.63, 3.8) is 0 Å². The van der Waals surface area contributed by atoms with E-state index >= 15 is 4.39 Å². The molecule has 4 rings (SSSR count). The van der Waals surface area contributed by atoms with Gasteiger partial charge in [-0.2, -0.15) is 0 Å². The van der Waals surface area contributed by atoms with Crippen LogP contribution in [0.3, 0.4) is 0 Å². The highest BCUT2D eigenvalue weighted by Gasteiger charge is 2.23. The smallest absolute Gasteiger partial charge is 0.306 e. The van der Waals surface area contributed by atoms with Crippen LogP contribution in [-0.2, 0) is 26.3 Å². The van der Waals surface area contributed by atoms with Crippen molar-refractivity contribution < 1.29 is 28.1 Å². The van der Waals surface area contributed by atoms with Crippen molar-refractivity contribution in [1.82, 2.24) is 0 Å². The van der Waals surface area contributed by atoms with E-state index in [4.69, 9.17) is 18.9 Å². The minimum absolute atomic E-state index is 0.0205. The molecule has 0 aromatic heterocycles. The lowest BCUT2D eigenvalue weighted by molar-refractivity contribution is -0.140. The van der Waals surface area contributed by atoms with Gasteiger partial charge in [-0.25, -0.2) is 4.39 Å². The van der Waals surface area contributed by atoms with Crippen LogP contribution in [0.1, 0.15) is 76.0 Å². The summed E-state index contributed by atoms with van der Waals surface area (Å²) in [6, 6.07) is 18.7. The van der Waals surface area contributed by atoms with E-state index < -0.39 is 0 Å². The summed E-state index contributed by atoms with van der Waals surface area (Å²) < 4.78 is 37.8. The second-order valence-corrected chi connectivity index (χ2v) is 11.2. The van der Waals surface area contributed by atoms with E-state index in [0.29, 0.717) is 30.9 Å². The van der Waals surface area contributed by atoms with Crippen molar-refractivity contribution in [1.29, 1.82) is 0 Å². The van der Waals surface area contributed by atoms with Crippen molar-refractivity contribution in [2.45, 2.75) is 77.6 Å². The minimum Gasteiger partial charge on any atom is -0.489 e. The first kappa shape index (κ1) is 28.6. The maximum atomic E-state index is 15.1. The topological polar surface area (TPSA) is 54.0 Å². The third kappa shape index (κ3) is 7.60. The number of halogens is 1. The molecule has 0 N–H and O–H groups in total. The standard InChI is InChI=1S/C33H39FO5/c1-22(17-31(35)36-5)24-9-8-10-25(19-24)38-21-23-12-14-27(29(18-23)33(2,3)4)28-20-26(13-15-30(28)34)39-32-11-6-7-16-37-32/h8-10,12-15,18-20,22,32H,6-7,11,16-17,21H2,1-5H3/t22-,32?/m0/s1. The van der Waals surface area contributed by atoms with Gasteiger partial charge in [-0.15, -0.1) is 0 Å². The summed E-state index contributed by atoms with van der Waals surface area (Å²) in [5.74, 6) is 0.823. The molecule has 1 aliphatic heterocycles. The van der Waals surface area contributed by atoms with Gasteiger partial charge in [0.2, 0.25) is 0 Å². The molecule has 0 aliphatic carbocycles. The Morgan fingerprint density at radius 2 is 1.85 bits per heavy atom. The van der Waals surface area contributed by atoms with Crippen molar-refractivity contribution in [2.24, 2.45) is 0 Å². The number of rotatable bonds is 9. The predicted octanol–water partition coefficient (Wildman–Crippen LogP) is 7.94. The Bertz CT molecular complexity index is 1270. The Balaban J connectivity index is 1.54. The molecule has 1 aliphatic rings. The van der Waals surface area contributed by atoms with Crippen molar-refractivity contribution in [2.75, 3.05) is 13.7 Å². The van der Waals surface area contributed by atoms with Crippen molar-refractivity contribution >= 4 is 5.97 Å². The maximum Gasteiger partial charge on any atom is 0.306 e. The summed E-state index contributed by atoms with van der Waals surface area (Å²) in [5, 5.41) is 0. The average molecular weight is 535 g/mol. The Morgan fingerprint density at radius 1 is 1.03 bits per heavy atom.